The molecule has 7 heteroatoms. The molecular weight excluding hydrogens is 350 g/mol. The Kier molecular flexibility index (Phi) is 5.68. The molecule has 0 unspecified atom stereocenters. The number of carbonyl (C=O) groups is 2. The summed E-state index contributed by atoms with van der Waals surface area (Å²) in [6.45, 7) is 4.12. The number of thiazole rings is 1. The van der Waals surface area contributed by atoms with Gasteiger partial charge in [-0.15, -0.1) is 11.3 Å². The van der Waals surface area contributed by atoms with Crippen LogP contribution < -0.4 is 0 Å². The molecule has 0 spiro atoms. The average molecular weight is 371 g/mol. The molecule has 0 fully saturated rings. The van der Waals surface area contributed by atoms with Gasteiger partial charge in [0.05, 0.1) is 12.1 Å². The third-order valence-corrected chi connectivity index (χ3v) is 4.74. The first-order chi connectivity index (χ1) is 12.5. The van der Waals surface area contributed by atoms with Crippen molar-refractivity contribution in [3.8, 4) is 0 Å². The number of hydrogen-bond acceptors (Lipinski definition) is 5. The second kappa shape index (κ2) is 8.14. The zero-order chi connectivity index (χ0) is 18.5. The molecule has 2 aromatic heterocycles. The van der Waals surface area contributed by atoms with Crippen LogP contribution in [-0.2, 0) is 27.3 Å². The zero-order valence-electron chi connectivity index (χ0n) is 14.8. The predicted octanol–water partition coefficient (Wildman–Crippen LogP) is 2.92. The van der Waals surface area contributed by atoms with Crippen LogP contribution in [0.15, 0.2) is 48.1 Å². The molecule has 0 aliphatic heterocycles. The summed E-state index contributed by atoms with van der Waals surface area (Å²) in [6.07, 6.45) is 3.74. The molecule has 26 heavy (non-hydrogen) atoms. The van der Waals surface area contributed by atoms with Crippen LogP contribution in [0.25, 0.3) is 4.96 Å². The van der Waals surface area contributed by atoms with E-state index in [4.69, 9.17) is 4.74 Å². The van der Waals surface area contributed by atoms with Crippen molar-refractivity contribution in [2.75, 3.05) is 6.61 Å². The lowest BCUT2D eigenvalue weighted by Gasteiger charge is -2.26. The largest absolute Gasteiger partial charge is 0.455 e. The fourth-order valence-electron chi connectivity index (χ4n) is 2.62. The number of esters is 1. The highest BCUT2D eigenvalue weighted by atomic mass is 32.1. The van der Waals surface area contributed by atoms with E-state index >= 15 is 0 Å². The van der Waals surface area contributed by atoms with Gasteiger partial charge in [0.25, 0.3) is 5.91 Å². The first-order valence-electron chi connectivity index (χ1n) is 8.43. The maximum atomic E-state index is 12.5. The number of carbonyl (C=O) groups excluding carboxylic acids is 2. The Morgan fingerprint density at radius 1 is 1.27 bits per heavy atom. The quantitative estimate of drug-likeness (QED) is 0.599. The number of aromatic nitrogens is 2. The third-order valence-electron chi connectivity index (χ3n) is 3.96. The summed E-state index contributed by atoms with van der Waals surface area (Å²) in [5.74, 6) is -0.657. The van der Waals surface area contributed by atoms with Gasteiger partial charge in [-0.05, 0) is 19.4 Å². The standard InChI is InChI=1S/C19H21N3O3S/c1-14(2)22(11-15-6-4-3-5-7-15)17(23)13-25-18(24)10-16-12-21-8-9-26-19(21)20-16/h3-9,12,14H,10-11,13H2,1-2H3. The van der Waals surface area contributed by atoms with Gasteiger partial charge in [-0.1, -0.05) is 30.3 Å². The van der Waals surface area contributed by atoms with Gasteiger partial charge >= 0.3 is 5.97 Å². The highest BCUT2D eigenvalue weighted by Gasteiger charge is 2.19. The molecule has 1 aromatic carbocycles. The lowest BCUT2D eigenvalue weighted by atomic mass is 10.2. The van der Waals surface area contributed by atoms with Gasteiger partial charge in [-0.2, -0.15) is 0 Å². The fourth-order valence-corrected chi connectivity index (χ4v) is 3.34. The molecule has 2 heterocycles. The van der Waals surface area contributed by atoms with E-state index in [0.29, 0.717) is 12.2 Å². The molecule has 3 rings (SSSR count). The Labute approximate surface area is 156 Å². The molecular formula is C19H21N3O3S. The summed E-state index contributed by atoms with van der Waals surface area (Å²) in [6, 6.07) is 9.77. The van der Waals surface area contributed by atoms with Crippen molar-refractivity contribution in [3.63, 3.8) is 0 Å². The van der Waals surface area contributed by atoms with Gasteiger partial charge in [-0.25, -0.2) is 4.98 Å². The Hall–Kier alpha value is -2.67. The van der Waals surface area contributed by atoms with Crippen molar-refractivity contribution in [1.29, 1.82) is 0 Å². The summed E-state index contributed by atoms with van der Waals surface area (Å²) in [5.41, 5.74) is 1.68. The molecule has 0 bridgehead atoms. The van der Waals surface area contributed by atoms with Crippen LogP contribution in [0.5, 0.6) is 0 Å². The van der Waals surface area contributed by atoms with Crippen LogP contribution in [0.2, 0.25) is 0 Å². The first-order valence-corrected chi connectivity index (χ1v) is 9.31. The van der Waals surface area contributed by atoms with E-state index in [-0.39, 0.29) is 25.0 Å². The summed E-state index contributed by atoms with van der Waals surface area (Å²) in [5, 5.41) is 1.93. The molecule has 0 saturated carbocycles. The molecule has 0 saturated heterocycles. The molecule has 0 N–H and O–H groups in total. The van der Waals surface area contributed by atoms with Crippen molar-refractivity contribution >= 4 is 28.2 Å². The van der Waals surface area contributed by atoms with Gasteiger partial charge in [-0.3, -0.25) is 14.0 Å². The highest BCUT2D eigenvalue weighted by molar-refractivity contribution is 7.15. The van der Waals surface area contributed by atoms with E-state index in [1.807, 2.05) is 60.2 Å². The van der Waals surface area contributed by atoms with Crippen LogP contribution in [-0.4, -0.2) is 38.8 Å². The second-order valence-electron chi connectivity index (χ2n) is 6.26. The number of rotatable bonds is 7. The number of benzene rings is 1. The van der Waals surface area contributed by atoms with Crippen molar-refractivity contribution in [3.05, 3.63) is 59.4 Å². The smallest absolute Gasteiger partial charge is 0.312 e. The molecule has 136 valence electrons. The maximum absolute atomic E-state index is 12.5. The third kappa shape index (κ3) is 4.49. The van der Waals surface area contributed by atoms with E-state index in [1.165, 1.54) is 11.3 Å². The molecule has 6 nitrogen and oxygen atoms in total. The summed E-state index contributed by atoms with van der Waals surface area (Å²) >= 11 is 1.50. The van der Waals surface area contributed by atoms with E-state index in [0.717, 1.165) is 10.5 Å². The fraction of sp³-hybridized carbons (Fsp3) is 0.316. The Morgan fingerprint density at radius 2 is 2.04 bits per heavy atom. The Bertz CT molecular complexity index is 857. The van der Waals surface area contributed by atoms with Gasteiger partial charge in [0.1, 0.15) is 0 Å². The highest BCUT2D eigenvalue weighted by Crippen LogP contribution is 2.12. The molecule has 0 radical (unpaired) electrons. The normalized spacial score (nSPS) is 11.0. The summed E-state index contributed by atoms with van der Waals surface area (Å²) in [4.78, 5) is 31.4. The van der Waals surface area contributed by atoms with Crippen molar-refractivity contribution < 1.29 is 14.3 Å². The minimum atomic E-state index is -0.451. The van der Waals surface area contributed by atoms with Gasteiger partial charge in [0, 0.05) is 30.4 Å². The monoisotopic (exact) mass is 371 g/mol. The summed E-state index contributed by atoms with van der Waals surface area (Å²) in [7, 11) is 0. The Balaban J connectivity index is 1.53. The molecule has 3 aromatic rings. The number of imidazole rings is 1. The van der Waals surface area contributed by atoms with E-state index in [9.17, 15) is 9.59 Å². The lowest BCUT2D eigenvalue weighted by Crippen LogP contribution is -2.39. The molecule has 0 atom stereocenters. The van der Waals surface area contributed by atoms with Crippen molar-refractivity contribution in [2.45, 2.75) is 32.9 Å². The van der Waals surface area contributed by atoms with Crippen molar-refractivity contribution in [1.82, 2.24) is 14.3 Å². The Morgan fingerprint density at radius 3 is 2.73 bits per heavy atom. The van der Waals surface area contributed by atoms with Crippen LogP contribution in [0.1, 0.15) is 25.1 Å². The number of amides is 1. The number of nitrogens with zero attached hydrogens (tertiary/aromatic N) is 3. The lowest BCUT2D eigenvalue weighted by molar-refractivity contribution is -0.152. The van der Waals surface area contributed by atoms with E-state index < -0.39 is 5.97 Å². The number of hydrogen-bond donors (Lipinski definition) is 0. The SMILES string of the molecule is CC(C)N(Cc1ccccc1)C(=O)COC(=O)Cc1cn2ccsc2n1. The summed E-state index contributed by atoms with van der Waals surface area (Å²) < 4.78 is 7.03. The van der Waals surface area contributed by atoms with Crippen LogP contribution in [0.4, 0.5) is 0 Å². The maximum Gasteiger partial charge on any atom is 0.312 e. The number of fused-ring (bicyclic) bond motifs is 1. The first kappa shape index (κ1) is 18.1. The topological polar surface area (TPSA) is 63.9 Å². The van der Waals surface area contributed by atoms with Crippen LogP contribution in [0.3, 0.4) is 0 Å². The van der Waals surface area contributed by atoms with Gasteiger partial charge < -0.3 is 9.64 Å². The molecule has 1 amide bonds. The van der Waals surface area contributed by atoms with Crippen molar-refractivity contribution in [2.24, 2.45) is 0 Å². The van der Waals surface area contributed by atoms with Crippen LogP contribution in [0, 0.1) is 0 Å². The molecule has 0 aliphatic carbocycles. The van der Waals surface area contributed by atoms with Crippen LogP contribution >= 0.6 is 11.3 Å². The van der Waals surface area contributed by atoms with Gasteiger partial charge in [0.15, 0.2) is 11.6 Å². The minimum Gasteiger partial charge on any atom is -0.455 e. The molecule has 0 aliphatic rings. The van der Waals surface area contributed by atoms with Gasteiger partial charge in [0.2, 0.25) is 0 Å². The van der Waals surface area contributed by atoms with E-state index in [2.05, 4.69) is 4.98 Å². The zero-order valence-corrected chi connectivity index (χ0v) is 15.6. The predicted molar refractivity (Wildman–Crippen MR) is 99.9 cm³/mol. The number of ether oxygens (including phenoxy) is 1. The van der Waals surface area contributed by atoms with E-state index in [1.54, 1.807) is 11.1 Å². The average Bonchev–Trinajstić information content (AvgIpc) is 3.19. The second-order valence-corrected chi connectivity index (χ2v) is 7.14. The minimum absolute atomic E-state index is 0.0151.